The summed E-state index contributed by atoms with van der Waals surface area (Å²) in [7, 11) is 1.66. The molecule has 1 saturated heterocycles. The maximum absolute atomic E-state index is 12.4. The molecule has 7 nitrogen and oxygen atoms in total. The number of aromatic amines is 1. The lowest BCUT2D eigenvalue weighted by Gasteiger charge is -2.31. The van der Waals surface area contributed by atoms with Crippen molar-refractivity contribution in [1.82, 2.24) is 19.1 Å². The van der Waals surface area contributed by atoms with Gasteiger partial charge in [0.1, 0.15) is 0 Å². The molecule has 1 N–H and O–H groups in total. The molecule has 0 atom stereocenters. The van der Waals surface area contributed by atoms with Crippen LogP contribution < -0.4 is 16.1 Å². The molecule has 1 aliphatic heterocycles. The van der Waals surface area contributed by atoms with Crippen LogP contribution in [0.15, 0.2) is 9.59 Å². The second-order valence-electron chi connectivity index (χ2n) is 7.41. The smallest absolute Gasteiger partial charge is 0.329 e. The van der Waals surface area contributed by atoms with Crippen LogP contribution in [0.2, 0.25) is 0 Å². The summed E-state index contributed by atoms with van der Waals surface area (Å²) >= 11 is 0. The highest BCUT2D eigenvalue weighted by atomic mass is 16.2. The van der Waals surface area contributed by atoms with Gasteiger partial charge >= 0.3 is 5.69 Å². The highest BCUT2D eigenvalue weighted by Crippen LogP contribution is 2.25. The van der Waals surface area contributed by atoms with Gasteiger partial charge in [-0.25, -0.2) is 4.79 Å². The third-order valence-corrected chi connectivity index (χ3v) is 4.98. The summed E-state index contributed by atoms with van der Waals surface area (Å²) in [6.45, 7) is 9.23. The van der Waals surface area contributed by atoms with Crippen LogP contribution in [-0.4, -0.2) is 32.2 Å². The molecule has 0 radical (unpaired) electrons. The van der Waals surface area contributed by atoms with Gasteiger partial charge in [0.05, 0.1) is 0 Å². The first kappa shape index (κ1) is 16.8. The van der Waals surface area contributed by atoms with Crippen LogP contribution >= 0.6 is 0 Å². The fourth-order valence-corrected chi connectivity index (χ4v) is 3.27. The zero-order valence-electron chi connectivity index (χ0n) is 15.0. The van der Waals surface area contributed by atoms with Gasteiger partial charge in [0.15, 0.2) is 11.2 Å². The van der Waals surface area contributed by atoms with E-state index in [1.165, 1.54) is 4.57 Å². The van der Waals surface area contributed by atoms with Crippen molar-refractivity contribution in [2.75, 3.05) is 18.0 Å². The highest BCUT2D eigenvalue weighted by molar-refractivity contribution is 5.74. The average molecular weight is 333 g/mol. The number of hydrogen-bond acceptors (Lipinski definition) is 4. The minimum atomic E-state index is -0.417. The van der Waals surface area contributed by atoms with E-state index in [2.05, 4.69) is 30.7 Å². The van der Waals surface area contributed by atoms with Crippen molar-refractivity contribution in [3.05, 3.63) is 20.8 Å². The first-order valence-corrected chi connectivity index (χ1v) is 8.83. The quantitative estimate of drug-likeness (QED) is 0.924. The SMILES string of the molecule is CC(C)CCn1c(N2CCC(C)CC2)nc2c1c(=O)[nH]c(=O)n2C. The molecule has 2 aromatic heterocycles. The van der Waals surface area contributed by atoms with Crippen LogP contribution in [-0.2, 0) is 13.6 Å². The molecular formula is C17H27N5O2. The Bertz CT molecular complexity index is 837. The molecule has 0 bridgehead atoms. The van der Waals surface area contributed by atoms with Gasteiger partial charge in [0.2, 0.25) is 5.95 Å². The number of nitrogens with zero attached hydrogens (tertiary/aromatic N) is 4. The molecule has 1 fully saturated rings. The summed E-state index contributed by atoms with van der Waals surface area (Å²) in [6.07, 6.45) is 3.22. The molecule has 7 heteroatoms. The van der Waals surface area contributed by atoms with Crippen LogP contribution in [0.3, 0.4) is 0 Å². The Labute approximate surface area is 141 Å². The fraction of sp³-hybridized carbons (Fsp3) is 0.706. The third kappa shape index (κ3) is 2.99. The zero-order valence-corrected chi connectivity index (χ0v) is 15.0. The molecule has 0 aliphatic carbocycles. The molecular weight excluding hydrogens is 306 g/mol. The minimum Gasteiger partial charge on any atom is -0.342 e. The second kappa shape index (κ2) is 6.45. The summed E-state index contributed by atoms with van der Waals surface area (Å²) in [4.78, 5) is 33.7. The summed E-state index contributed by atoms with van der Waals surface area (Å²) < 4.78 is 3.43. The number of imidazole rings is 1. The van der Waals surface area contributed by atoms with Crippen molar-refractivity contribution >= 4 is 17.1 Å². The Kier molecular flexibility index (Phi) is 4.51. The largest absolute Gasteiger partial charge is 0.342 e. The Balaban J connectivity index is 2.14. The van der Waals surface area contributed by atoms with E-state index in [1.54, 1.807) is 7.05 Å². The van der Waals surface area contributed by atoms with Gasteiger partial charge in [0.25, 0.3) is 5.56 Å². The molecule has 132 valence electrons. The molecule has 0 spiro atoms. The standard InChI is InChI=1S/C17H27N5O2/c1-11(2)5-10-22-13-14(20(4)17(24)19-15(13)23)18-16(22)21-8-6-12(3)7-9-21/h11-12H,5-10H2,1-4H3,(H,19,23,24). The highest BCUT2D eigenvalue weighted by Gasteiger charge is 2.24. The fourth-order valence-electron chi connectivity index (χ4n) is 3.27. The van der Waals surface area contributed by atoms with Gasteiger partial charge in [0, 0.05) is 26.7 Å². The number of rotatable bonds is 4. The zero-order chi connectivity index (χ0) is 17.4. The predicted octanol–water partition coefficient (Wildman–Crippen LogP) is 1.71. The van der Waals surface area contributed by atoms with Crippen molar-refractivity contribution in [1.29, 1.82) is 0 Å². The lowest BCUT2D eigenvalue weighted by molar-refractivity contribution is 0.428. The van der Waals surface area contributed by atoms with Gasteiger partial charge in [-0.2, -0.15) is 4.98 Å². The Morgan fingerprint density at radius 3 is 2.54 bits per heavy atom. The van der Waals surface area contributed by atoms with Crippen molar-refractivity contribution in [2.45, 2.75) is 46.6 Å². The Hall–Kier alpha value is -2.05. The van der Waals surface area contributed by atoms with Crippen molar-refractivity contribution in [2.24, 2.45) is 18.9 Å². The van der Waals surface area contributed by atoms with E-state index >= 15 is 0 Å². The topological polar surface area (TPSA) is 75.9 Å². The monoisotopic (exact) mass is 333 g/mol. The lowest BCUT2D eigenvalue weighted by atomic mass is 10.00. The normalized spacial score (nSPS) is 16.5. The molecule has 24 heavy (non-hydrogen) atoms. The van der Waals surface area contributed by atoms with Crippen molar-refractivity contribution < 1.29 is 0 Å². The van der Waals surface area contributed by atoms with Gasteiger partial charge < -0.3 is 9.47 Å². The van der Waals surface area contributed by atoms with Gasteiger partial charge in [-0.05, 0) is 31.1 Å². The van der Waals surface area contributed by atoms with Crippen LogP contribution in [0.5, 0.6) is 0 Å². The van der Waals surface area contributed by atoms with Crippen molar-refractivity contribution in [3.8, 4) is 0 Å². The van der Waals surface area contributed by atoms with Gasteiger partial charge in [-0.3, -0.25) is 14.3 Å². The number of aromatic nitrogens is 4. The summed E-state index contributed by atoms with van der Waals surface area (Å²) in [6, 6.07) is 0. The number of aryl methyl sites for hydroxylation is 2. The average Bonchev–Trinajstić information content (AvgIpc) is 2.91. The second-order valence-corrected chi connectivity index (χ2v) is 7.41. The molecule has 0 saturated carbocycles. The van der Waals surface area contributed by atoms with E-state index in [1.807, 2.05) is 4.57 Å². The molecule has 0 unspecified atom stereocenters. The van der Waals surface area contributed by atoms with E-state index in [0.717, 1.165) is 50.8 Å². The maximum atomic E-state index is 12.4. The molecule has 3 heterocycles. The maximum Gasteiger partial charge on any atom is 0.329 e. The van der Waals surface area contributed by atoms with Crippen LogP contribution in [0.4, 0.5) is 5.95 Å². The Morgan fingerprint density at radius 2 is 1.92 bits per heavy atom. The number of nitrogens with one attached hydrogen (secondary N) is 1. The molecule has 3 rings (SSSR count). The van der Waals surface area contributed by atoms with Crippen molar-refractivity contribution in [3.63, 3.8) is 0 Å². The number of hydrogen-bond donors (Lipinski definition) is 1. The Morgan fingerprint density at radius 1 is 1.25 bits per heavy atom. The molecule has 1 aliphatic rings. The van der Waals surface area contributed by atoms with Gasteiger partial charge in [-0.1, -0.05) is 20.8 Å². The number of fused-ring (bicyclic) bond motifs is 1. The van der Waals surface area contributed by atoms with Crippen LogP contribution in [0.1, 0.15) is 40.0 Å². The lowest BCUT2D eigenvalue weighted by Crippen LogP contribution is -2.35. The third-order valence-electron chi connectivity index (χ3n) is 4.98. The molecule has 0 amide bonds. The van der Waals surface area contributed by atoms with Crippen LogP contribution in [0, 0.1) is 11.8 Å². The number of piperidine rings is 1. The summed E-state index contributed by atoms with van der Waals surface area (Å²) in [5.41, 5.74) is 0.216. The van der Waals surface area contributed by atoms with E-state index in [4.69, 9.17) is 4.98 Å². The molecule has 0 aromatic carbocycles. The number of anilines is 1. The molecule has 2 aromatic rings. The van der Waals surface area contributed by atoms with E-state index in [9.17, 15) is 9.59 Å². The summed E-state index contributed by atoms with van der Waals surface area (Å²) in [5, 5.41) is 0. The first-order chi connectivity index (χ1) is 11.4. The van der Waals surface area contributed by atoms with Crippen LogP contribution in [0.25, 0.3) is 11.2 Å². The summed E-state index contributed by atoms with van der Waals surface area (Å²) in [5.74, 6) is 2.08. The number of H-pyrrole nitrogens is 1. The van der Waals surface area contributed by atoms with E-state index < -0.39 is 5.69 Å². The van der Waals surface area contributed by atoms with Gasteiger partial charge in [-0.15, -0.1) is 0 Å². The first-order valence-electron chi connectivity index (χ1n) is 8.83. The van der Waals surface area contributed by atoms with E-state index in [-0.39, 0.29) is 5.56 Å². The minimum absolute atomic E-state index is 0.346. The van der Waals surface area contributed by atoms with E-state index in [0.29, 0.717) is 17.1 Å². The predicted molar refractivity (Wildman–Crippen MR) is 95.7 cm³/mol.